The zero-order valence-electron chi connectivity index (χ0n) is 12.8. The molecule has 1 aliphatic rings. The predicted molar refractivity (Wildman–Crippen MR) is 91.6 cm³/mol. The van der Waals surface area contributed by atoms with Crippen LogP contribution in [-0.4, -0.2) is 28.0 Å². The molecule has 1 N–H and O–H groups in total. The number of halogens is 1. The van der Waals surface area contributed by atoms with Crippen molar-refractivity contribution in [3.8, 4) is 0 Å². The van der Waals surface area contributed by atoms with E-state index in [1.807, 2.05) is 18.2 Å². The third kappa shape index (κ3) is 2.22. The molecule has 0 amide bonds. The summed E-state index contributed by atoms with van der Waals surface area (Å²) in [4.78, 5) is 14.9. The van der Waals surface area contributed by atoms with Crippen molar-refractivity contribution in [3.63, 3.8) is 0 Å². The number of aromatic nitrogens is 3. The Morgan fingerprint density at radius 3 is 2.73 bits per heavy atom. The van der Waals surface area contributed by atoms with Gasteiger partial charge in [0.25, 0.3) is 0 Å². The number of rotatable bonds is 1. The number of hydrogen-bond acceptors (Lipinski definition) is 3. The Morgan fingerprint density at radius 2 is 1.95 bits per heavy atom. The van der Waals surface area contributed by atoms with E-state index in [0.29, 0.717) is 11.8 Å². The Balaban J connectivity index is 1.89. The summed E-state index contributed by atoms with van der Waals surface area (Å²) in [5, 5.41) is 1.79. The minimum Gasteiger partial charge on any atom is -0.354 e. The van der Waals surface area contributed by atoms with Gasteiger partial charge < -0.3 is 9.88 Å². The maximum Gasteiger partial charge on any atom is 0.156 e. The molecule has 1 fully saturated rings. The van der Waals surface area contributed by atoms with E-state index in [2.05, 4.69) is 33.7 Å². The molecule has 114 valence electrons. The molecule has 4 nitrogen and oxygen atoms in total. The van der Waals surface area contributed by atoms with Crippen LogP contribution < -0.4 is 4.90 Å². The van der Waals surface area contributed by atoms with Gasteiger partial charge in [0.1, 0.15) is 17.4 Å². The number of hydrogen-bond donors (Lipinski definition) is 1. The van der Waals surface area contributed by atoms with Gasteiger partial charge in [-0.2, -0.15) is 0 Å². The molecule has 22 heavy (non-hydrogen) atoms. The van der Waals surface area contributed by atoms with E-state index in [1.165, 1.54) is 6.42 Å². The van der Waals surface area contributed by atoms with Crippen LogP contribution in [0, 0.1) is 11.8 Å². The number of nitrogens with one attached hydrogen (secondary N) is 1. The summed E-state index contributed by atoms with van der Waals surface area (Å²) in [7, 11) is 0. The minimum absolute atomic E-state index is 0.688. The number of aromatic amines is 1. The van der Waals surface area contributed by atoms with E-state index in [-0.39, 0.29) is 0 Å². The summed E-state index contributed by atoms with van der Waals surface area (Å²) in [5.74, 6) is 2.39. The first kappa shape index (κ1) is 13.8. The van der Waals surface area contributed by atoms with Crippen molar-refractivity contribution in [3.05, 3.63) is 29.5 Å². The molecular formula is C17H19ClN4. The van der Waals surface area contributed by atoms with Gasteiger partial charge >= 0.3 is 0 Å². The SMILES string of the molecule is C[C@@H]1C[C@H](C)CN(c2ncnc3c2[nH]c2ccc(Cl)cc23)C1. The molecule has 0 radical (unpaired) electrons. The van der Waals surface area contributed by atoms with Gasteiger partial charge in [-0.15, -0.1) is 0 Å². The molecule has 3 aromatic rings. The van der Waals surface area contributed by atoms with Gasteiger partial charge in [0.2, 0.25) is 0 Å². The lowest BCUT2D eigenvalue weighted by molar-refractivity contribution is 0.356. The number of nitrogens with zero attached hydrogens (tertiary/aromatic N) is 3. The molecule has 0 bridgehead atoms. The zero-order valence-corrected chi connectivity index (χ0v) is 13.6. The van der Waals surface area contributed by atoms with E-state index in [9.17, 15) is 0 Å². The topological polar surface area (TPSA) is 44.8 Å². The molecule has 1 saturated heterocycles. The first-order chi connectivity index (χ1) is 10.6. The van der Waals surface area contributed by atoms with Crippen molar-refractivity contribution in [2.75, 3.05) is 18.0 Å². The first-order valence-electron chi connectivity index (χ1n) is 7.78. The van der Waals surface area contributed by atoms with Crippen molar-refractivity contribution >= 4 is 39.4 Å². The lowest BCUT2D eigenvalue weighted by Gasteiger charge is -2.35. The fourth-order valence-electron chi connectivity index (χ4n) is 3.73. The second-order valence-corrected chi connectivity index (χ2v) is 7.02. The number of fused-ring (bicyclic) bond motifs is 3. The van der Waals surface area contributed by atoms with E-state index in [0.717, 1.165) is 45.9 Å². The smallest absolute Gasteiger partial charge is 0.156 e. The standard InChI is InChI=1S/C17H19ClN4/c1-10-5-11(2)8-22(7-10)17-16-15(19-9-20-17)13-6-12(18)3-4-14(13)21-16/h3-4,6,9-11,21H,5,7-8H2,1-2H3/t10-,11+. The van der Waals surface area contributed by atoms with Crippen LogP contribution in [0.25, 0.3) is 21.9 Å². The molecule has 0 saturated carbocycles. The Morgan fingerprint density at radius 1 is 1.18 bits per heavy atom. The summed E-state index contributed by atoms with van der Waals surface area (Å²) in [6, 6.07) is 5.87. The third-order valence-corrected chi connectivity index (χ3v) is 4.73. The highest BCUT2D eigenvalue weighted by Gasteiger charge is 2.25. The molecule has 2 atom stereocenters. The van der Waals surface area contributed by atoms with Crippen LogP contribution in [0.4, 0.5) is 5.82 Å². The van der Waals surface area contributed by atoms with Crippen LogP contribution >= 0.6 is 11.6 Å². The fraction of sp³-hybridized carbons (Fsp3) is 0.412. The van der Waals surface area contributed by atoms with Crippen LogP contribution in [0.15, 0.2) is 24.5 Å². The molecule has 1 aliphatic heterocycles. The van der Waals surface area contributed by atoms with Gasteiger partial charge in [0.15, 0.2) is 5.82 Å². The molecular weight excluding hydrogens is 296 g/mol. The number of piperidine rings is 1. The summed E-state index contributed by atoms with van der Waals surface area (Å²) in [6.45, 7) is 6.72. The van der Waals surface area contributed by atoms with Crippen LogP contribution in [0.5, 0.6) is 0 Å². The largest absolute Gasteiger partial charge is 0.354 e. The lowest BCUT2D eigenvalue weighted by Crippen LogP contribution is -2.39. The third-order valence-electron chi connectivity index (χ3n) is 4.49. The van der Waals surface area contributed by atoms with Gasteiger partial charge in [-0.3, -0.25) is 0 Å². The monoisotopic (exact) mass is 314 g/mol. The minimum atomic E-state index is 0.688. The van der Waals surface area contributed by atoms with Gasteiger partial charge in [0, 0.05) is 29.0 Å². The van der Waals surface area contributed by atoms with E-state index in [1.54, 1.807) is 6.33 Å². The fourth-order valence-corrected chi connectivity index (χ4v) is 3.90. The van der Waals surface area contributed by atoms with E-state index < -0.39 is 0 Å². The summed E-state index contributed by atoms with van der Waals surface area (Å²) >= 11 is 6.13. The molecule has 0 spiro atoms. The predicted octanol–water partition coefficient (Wildman–Crippen LogP) is 4.25. The Bertz CT molecular complexity index is 831. The molecule has 0 unspecified atom stereocenters. The van der Waals surface area contributed by atoms with Crippen molar-refractivity contribution in [2.45, 2.75) is 20.3 Å². The Labute approximate surface area is 134 Å². The first-order valence-corrected chi connectivity index (χ1v) is 8.16. The second-order valence-electron chi connectivity index (χ2n) is 6.59. The summed E-state index contributed by atoms with van der Waals surface area (Å²) in [5.41, 5.74) is 3.02. The van der Waals surface area contributed by atoms with Gasteiger partial charge in [-0.1, -0.05) is 25.4 Å². The number of H-pyrrole nitrogens is 1. The van der Waals surface area contributed by atoms with Crippen molar-refractivity contribution in [1.82, 2.24) is 15.0 Å². The normalized spacial score (nSPS) is 22.6. The van der Waals surface area contributed by atoms with E-state index in [4.69, 9.17) is 11.6 Å². The average Bonchev–Trinajstić information content (AvgIpc) is 2.84. The number of benzene rings is 1. The quantitative estimate of drug-likeness (QED) is 0.730. The van der Waals surface area contributed by atoms with Gasteiger partial charge in [-0.25, -0.2) is 9.97 Å². The van der Waals surface area contributed by atoms with Crippen LogP contribution in [0.2, 0.25) is 5.02 Å². The molecule has 0 aliphatic carbocycles. The number of anilines is 1. The van der Waals surface area contributed by atoms with Crippen molar-refractivity contribution < 1.29 is 0 Å². The molecule has 2 aromatic heterocycles. The lowest BCUT2D eigenvalue weighted by atomic mass is 9.92. The second kappa shape index (κ2) is 5.13. The molecule has 1 aromatic carbocycles. The zero-order chi connectivity index (χ0) is 15.3. The average molecular weight is 315 g/mol. The molecule has 5 heteroatoms. The van der Waals surface area contributed by atoms with Crippen LogP contribution in [-0.2, 0) is 0 Å². The Hall–Kier alpha value is -1.81. The van der Waals surface area contributed by atoms with Gasteiger partial charge in [0.05, 0.1) is 0 Å². The molecule has 3 heterocycles. The summed E-state index contributed by atoms with van der Waals surface area (Å²) in [6.07, 6.45) is 2.95. The van der Waals surface area contributed by atoms with Crippen LogP contribution in [0.1, 0.15) is 20.3 Å². The van der Waals surface area contributed by atoms with Crippen LogP contribution in [0.3, 0.4) is 0 Å². The highest BCUT2D eigenvalue weighted by molar-refractivity contribution is 6.31. The maximum absolute atomic E-state index is 6.13. The Kier molecular flexibility index (Phi) is 3.22. The highest BCUT2D eigenvalue weighted by atomic mass is 35.5. The van der Waals surface area contributed by atoms with Crippen molar-refractivity contribution in [1.29, 1.82) is 0 Å². The highest BCUT2D eigenvalue weighted by Crippen LogP contribution is 2.33. The summed E-state index contributed by atoms with van der Waals surface area (Å²) < 4.78 is 0. The van der Waals surface area contributed by atoms with Gasteiger partial charge in [-0.05, 0) is 36.5 Å². The molecule has 4 rings (SSSR count). The van der Waals surface area contributed by atoms with Crippen molar-refractivity contribution in [2.24, 2.45) is 11.8 Å². The van der Waals surface area contributed by atoms with E-state index >= 15 is 0 Å². The maximum atomic E-state index is 6.13.